The molecule has 0 aromatic heterocycles. The first-order chi connectivity index (χ1) is 15.1. The number of carbonyl (C=O) groups is 2. The van der Waals surface area contributed by atoms with E-state index in [9.17, 15) is 9.59 Å². The zero-order valence-corrected chi connectivity index (χ0v) is 20.1. The predicted octanol–water partition coefficient (Wildman–Crippen LogP) is 6.92. The highest BCUT2D eigenvalue weighted by Gasteiger charge is 2.38. The van der Waals surface area contributed by atoms with Gasteiger partial charge >= 0.3 is 5.97 Å². The van der Waals surface area contributed by atoms with Crippen molar-refractivity contribution in [3.8, 4) is 5.75 Å². The minimum atomic E-state index is -1.00. The Kier molecular flexibility index (Phi) is 7.12. The second-order valence-electron chi connectivity index (χ2n) is 10.3. The first-order valence-corrected chi connectivity index (χ1v) is 11.8. The van der Waals surface area contributed by atoms with E-state index in [-0.39, 0.29) is 22.2 Å². The van der Waals surface area contributed by atoms with E-state index in [4.69, 9.17) is 9.84 Å². The van der Waals surface area contributed by atoms with Crippen LogP contribution in [0.4, 0.5) is 0 Å². The summed E-state index contributed by atoms with van der Waals surface area (Å²) >= 11 is 0. The summed E-state index contributed by atoms with van der Waals surface area (Å²) in [6.45, 7) is 11.8. The number of carboxylic acid groups (broad SMARTS) is 1. The monoisotopic (exact) mass is 436 g/mol. The molecule has 32 heavy (non-hydrogen) atoms. The van der Waals surface area contributed by atoms with Gasteiger partial charge in [-0.05, 0) is 65.5 Å². The largest absolute Gasteiger partial charge is 0.493 e. The van der Waals surface area contributed by atoms with E-state index in [1.807, 2.05) is 6.07 Å². The van der Waals surface area contributed by atoms with Crippen molar-refractivity contribution in [1.29, 1.82) is 0 Å². The third-order valence-electron chi connectivity index (χ3n) is 6.85. The molecule has 0 heterocycles. The van der Waals surface area contributed by atoms with Crippen molar-refractivity contribution in [3.05, 3.63) is 64.2 Å². The second-order valence-corrected chi connectivity index (χ2v) is 10.3. The number of ether oxygens (including phenoxy) is 1. The van der Waals surface area contributed by atoms with Crippen LogP contribution in [0.25, 0.3) is 0 Å². The molecule has 2 aromatic carbocycles. The average Bonchev–Trinajstić information content (AvgIpc) is 2.76. The highest BCUT2D eigenvalue weighted by Crippen LogP contribution is 2.48. The number of unbranched alkanes of at least 4 members (excludes halogenated alkanes) is 3. The van der Waals surface area contributed by atoms with Crippen molar-refractivity contribution < 1.29 is 19.4 Å². The van der Waals surface area contributed by atoms with Crippen LogP contribution in [0.1, 0.15) is 111 Å². The molecule has 3 rings (SSSR count). The Morgan fingerprint density at radius 2 is 1.44 bits per heavy atom. The number of rotatable bonds is 9. The summed E-state index contributed by atoms with van der Waals surface area (Å²) in [5, 5.41) is 9.17. The van der Waals surface area contributed by atoms with Crippen LogP contribution in [-0.2, 0) is 10.8 Å². The number of fused-ring (bicyclic) bond motifs is 1. The van der Waals surface area contributed by atoms with Gasteiger partial charge in [0, 0.05) is 5.56 Å². The maximum absolute atomic E-state index is 13.5. The van der Waals surface area contributed by atoms with E-state index in [0.29, 0.717) is 23.5 Å². The Balaban J connectivity index is 2.03. The fourth-order valence-corrected chi connectivity index (χ4v) is 4.52. The maximum Gasteiger partial charge on any atom is 0.335 e. The molecule has 172 valence electrons. The van der Waals surface area contributed by atoms with E-state index >= 15 is 0 Å². The highest BCUT2D eigenvalue weighted by atomic mass is 16.5. The van der Waals surface area contributed by atoms with Crippen molar-refractivity contribution in [2.45, 2.75) is 84.0 Å². The molecule has 0 unspecified atom stereocenters. The van der Waals surface area contributed by atoms with E-state index in [2.05, 4.69) is 40.7 Å². The lowest BCUT2D eigenvalue weighted by Crippen LogP contribution is -2.34. The maximum atomic E-state index is 13.5. The summed E-state index contributed by atoms with van der Waals surface area (Å²) in [6, 6.07) is 10.3. The molecular formula is C28H36O4. The summed E-state index contributed by atoms with van der Waals surface area (Å²) < 4.78 is 6.20. The van der Waals surface area contributed by atoms with Gasteiger partial charge < -0.3 is 9.84 Å². The molecular weight excluding hydrogens is 400 g/mol. The molecule has 0 spiro atoms. The smallest absolute Gasteiger partial charge is 0.335 e. The van der Waals surface area contributed by atoms with Gasteiger partial charge in [-0.1, -0.05) is 66.0 Å². The minimum absolute atomic E-state index is 0.0211. The standard InChI is InChI=1S/C28H36O4/c1-6-7-8-9-16-32-24-18-23-22(27(2,3)14-15-28(23,4)5)17-21(24)25(29)19-10-12-20(13-11-19)26(30)31/h10-13,17-18H,6-9,14-16H2,1-5H3,(H,30,31). The predicted molar refractivity (Wildman–Crippen MR) is 128 cm³/mol. The fourth-order valence-electron chi connectivity index (χ4n) is 4.52. The van der Waals surface area contributed by atoms with Crippen LogP contribution in [0.5, 0.6) is 5.75 Å². The molecule has 0 fully saturated rings. The number of ketones is 1. The number of carboxylic acids is 1. The molecule has 1 aliphatic carbocycles. The van der Waals surface area contributed by atoms with Gasteiger partial charge in [0.25, 0.3) is 0 Å². The van der Waals surface area contributed by atoms with Gasteiger partial charge in [-0.2, -0.15) is 0 Å². The number of hydrogen-bond donors (Lipinski definition) is 1. The van der Waals surface area contributed by atoms with Crippen LogP contribution < -0.4 is 4.74 Å². The molecule has 0 atom stereocenters. The second kappa shape index (κ2) is 9.48. The average molecular weight is 437 g/mol. The Hall–Kier alpha value is -2.62. The van der Waals surface area contributed by atoms with Crippen LogP contribution in [0.3, 0.4) is 0 Å². The molecule has 1 aliphatic rings. The van der Waals surface area contributed by atoms with Gasteiger partial charge in [0.15, 0.2) is 5.78 Å². The number of hydrogen-bond acceptors (Lipinski definition) is 3. The third-order valence-corrected chi connectivity index (χ3v) is 6.85. The van der Waals surface area contributed by atoms with Gasteiger partial charge in [-0.3, -0.25) is 4.79 Å². The lowest BCUT2D eigenvalue weighted by atomic mass is 9.62. The van der Waals surface area contributed by atoms with Crippen molar-refractivity contribution in [3.63, 3.8) is 0 Å². The zero-order valence-electron chi connectivity index (χ0n) is 20.1. The number of aromatic carboxylic acids is 1. The van der Waals surface area contributed by atoms with E-state index < -0.39 is 5.97 Å². The van der Waals surface area contributed by atoms with Crippen molar-refractivity contribution in [2.24, 2.45) is 0 Å². The normalized spacial score (nSPS) is 16.3. The van der Waals surface area contributed by atoms with Crippen LogP contribution in [-0.4, -0.2) is 23.5 Å². The summed E-state index contributed by atoms with van der Waals surface area (Å²) in [7, 11) is 0. The molecule has 0 radical (unpaired) electrons. The quantitative estimate of drug-likeness (QED) is 0.342. The Morgan fingerprint density at radius 3 is 2.00 bits per heavy atom. The molecule has 0 aliphatic heterocycles. The van der Waals surface area contributed by atoms with Crippen LogP contribution >= 0.6 is 0 Å². The molecule has 0 saturated heterocycles. The van der Waals surface area contributed by atoms with Crippen molar-refractivity contribution >= 4 is 11.8 Å². The van der Waals surface area contributed by atoms with Gasteiger partial charge in [0.1, 0.15) is 5.75 Å². The molecule has 4 nitrogen and oxygen atoms in total. The Bertz CT molecular complexity index is 983. The number of benzene rings is 2. The molecule has 0 saturated carbocycles. The van der Waals surface area contributed by atoms with Crippen molar-refractivity contribution in [2.75, 3.05) is 6.61 Å². The van der Waals surface area contributed by atoms with E-state index in [1.54, 1.807) is 12.1 Å². The van der Waals surface area contributed by atoms with Crippen LogP contribution in [0.15, 0.2) is 36.4 Å². The molecule has 4 heteroatoms. The van der Waals surface area contributed by atoms with E-state index in [1.165, 1.54) is 29.7 Å². The van der Waals surface area contributed by atoms with Gasteiger partial charge in [-0.15, -0.1) is 0 Å². The molecule has 2 aromatic rings. The molecule has 1 N–H and O–H groups in total. The third kappa shape index (κ3) is 5.06. The van der Waals surface area contributed by atoms with Gasteiger partial charge in [0.05, 0.1) is 17.7 Å². The summed E-state index contributed by atoms with van der Waals surface area (Å²) in [6.07, 6.45) is 6.56. The minimum Gasteiger partial charge on any atom is -0.493 e. The lowest BCUT2D eigenvalue weighted by molar-refractivity contribution is 0.0696. The Morgan fingerprint density at radius 1 is 0.875 bits per heavy atom. The summed E-state index contributed by atoms with van der Waals surface area (Å²) in [5.74, 6) is -0.497. The topological polar surface area (TPSA) is 63.6 Å². The first kappa shape index (κ1) is 24.0. The van der Waals surface area contributed by atoms with Crippen LogP contribution in [0.2, 0.25) is 0 Å². The molecule has 0 amide bonds. The summed E-state index contributed by atoms with van der Waals surface area (Å²) in [4.78, 5) is 24.7. The molecule has 0 bridgehead atoms. The number of carbonyl (C=O) groups excluding carboxylic acids is 1. The first-order valence-electron chi connectivity index (χ1n) is 11.8. The zero-order chi connectivity index (χ0) is 23.5. The fraction of sp³-hybridized carbons (Fsp3) is 0.500. The van der Waals surface area contributed by atoms with Crippen LogP contribution in [0, 0.1) is 0 Å². The Labute approximate surface area is 192 Å². The van der Waals surface area contributed by atoms with Gasteiger partial charge in [-0.25, -0.2) is 4.79 Å². The van der Waals surface area contributed by atoms with Crippen molar-refractivity contribution in [1.82, 2.24) is 0 Å². The highest BCUT2D eigenvalue weighted by molar-refractivity contribution is 6.11. The SMILES string of the molecule is CCCCCCOc1cc2c(cc1C(=O)c1ccc(C(=O)O)cc1)C(C)(C)CCC2(C)C. The lowest BCUT2D eigenvalue weighted by Gasteiger charge is -2.42. The summed E-state index contributed by atoms with van der Waals surface area (Å²) in [5.41, 5.74) is 3.67. The van der Waals surface area contributed by atoms with Gasteiger partial charge in [0.2, 0.25) is 0 Å². The van der Waals surface area contributed by atoms with E-state index in [0.717, 1.165) is 32.1 Å².